The number of nitrogens with one attached hydrogen (secondary N) is 2. The minimum Gasteiger partial charge on any atom is -0.444 e. The van der Waals surface area contributed by atoms with Crippen LogP contribution in [-0.2, 0) is 4.74 Å². The molecule has 1 amide bonds. The summed E-state index contributed by atoms with van der Waals surface area (Å²) in [6, 6.07) is 10.4. The number of alkyl carbamates (subject to hydrolysis) is 1. The first kappa shape index (κ1) is 13.9. The van der Waals surface area contributed by atoms with Gasteiger partial charge < -0.3 is 15.4 Å². The van der Waals surface area contributed by atoms with Crippen molar-refractivity contribution in [1.29, 1.82) is 0 Å². The van der Waals surface area contributed by atoms with Crippen LogP contribution in [0.1, 0.15) is 38.8 Å². The first-order valence-electron chi connectivity index (χ1n) is 6.73. The van der Waals surface area contributed by atoms with Crippen molar-refractivity contribution in [3.63, 3.8) is 0 Å². The monoisotopic (exact) mass is 262 g/mol. The van der Waals surface area contributed by atoms with Crippen LogP contribution in [0.2, 0.25) is 0 Å². The van der Waals surface area contributed by atoms with Crippen LogP contribution in [0.5, 0.6) is 0 Å². The SMILES string of the molecule is CC(C)(C)OC(=O)N[C@@H]1CCN[C@H]1c1ccccc1. The first-order valence-corrected chi connectivity index (χ1v) is 6.73. The lowest BCUT2D eigenvalue weighted by molar-refractivity contribution is 0.0500. The fourth-order valence-corrected chi connectivity index (χ4v) is 2.33. The van der Waals surface area contributed by atoms with Gasteiger partial charge >= 0.3 is 6.09 Å². The second-order valence-electron chi connectivity index (χ2n) is 5.88. The highest BCUT2D eigenvalue weighted by Crippen LogP contribution is 2.23. The molecule has 104 valence electrons. The molecule has 1 saturated heterocycles. The molecule has 0 saturated carbocycles. The van der Waals surface area contributed by atoms with Crippen molar-refractivity contribution in [3.8, 4) is 0 Å². The van der Waals surface area contributed by atoms with Gasteiger partial charge in [0.2, 0.25) is 0 Å². The van der Waals surface area contributed by atoms with Crippen molar-refractivity contribution in [3.05, 3.63) is 35.9 Å². The van der Waals surface area contributed by atoms with E-state index >= 15 is 0 Å². The molecule has 1 aliphatic heterocycles. The van der Waals surface area contributed by atoms with Gasteiger partial charge in [0.25, 0.3) is 0 Å². The van der Waals surface area contributed by atoms with Crippen molar-refractivity contribution in [1.82, 2.24) is 10.6 Å². The maximum Gasteiger partial charge on any atom is 0.407 e. The molecule has 0 radical (unpaired) electrons. The van der Waals surface area contributed by atoms with E-state index < -0.39 is 5.60 Å². The Hall–Kier alpha value is -1.55. The average molecular weight is 262 g/mol. The Labute approximate surface area is 114 Å². The average Bonchev–Trinajstić information content (AvgIpc) is 2.75. The van der Waals surface area contributed by atoms with Gasteiger partial charge in [0.1, 0.15) is 5.60 Å². The predicted molar refractivity (Wildman–Crippen MR) is 75.0 cm³/mol. The van der Waals surface area contributed by atoms with Gasteiger partial charge in [0, 0.05) is 0 Å². The number of carbonyl (C=O) groups excluding carboxylic acids is 1. The Bertz CT molecular complexity index is 426. The summed E-state index contributed by atoms with van der Waals surface area (Å²) >= 11 is 0. The minimum absolute atomic E-state index is 0.0808. The number of hydrogen-bond acceptors (Lipinski definition) is 3. The molecule has 4 nitrogen and oxygen atoms in total. The van der Waals surface area contributed by atoms with E-state index in [1.54, 1.807) is 0 Å². The highest BCUT2D eigenvalue weighted by Gasteiger charge is 2.30. The van der Waals surface area contributed by atoms with Gasteiger partial charge in [-0.25, -0.2) is 4.79 Å². The van der Waals surface area contributed by atoms with Gasteiger partial charge in [0.05, 0.1) is 12.1 Å². The third kappa shape index (κ3) is 3.96. The second kappa shape index (κ2) is 5.61. The molecule has 0 aliphatic carbocycles. The number of ether oxygens (including phenoxy) is 1. The highest BCUT2D eigenvalue weighted by molar-refractivity contribution is 5.68. The van der Waals surface area contributed by atoms with Crippen molar-refractivity contribution < 1.29 is 9.53 Å². The zero-order chi connectivity index (χ0) is 13.9. The molecule has 2 atom stereocenters. The Kier molecular flexibility index (Phi) is 4.10. The van der Waals surface area contributed by atoms with Crippen LogP contribution in [0.3, 0.4) is 0 Å². The molecular weight excluding hydrogens is 240 g/mol. The van der Waals surface area contributed by atoms with Gasteiger partial charge in [-0.1, -0.05) is 30.3 Å². The summed E-state index contributed by atoms with van der Waals surface area (Å²) in [6.45, 7) is 6.51. The van der Waals surface area contributed by atoms with Crippen LogP contribution in [0.25, 0.3) is 0 Å². The number of carbonyl (C=O) groups is 1. The number of benzene rings is 1. The molecule has 2 rings (SSSR count). The molecule has 0 aromatic heterocycles. The lowest BCUT2D eigenvalue weighted by Crippen LogP contribution is -2.41. The van der Waals surface area contributed by atoms with Gasteiger partial charge in [-0.15, -0.1) is 0 Å². The van der Waals surface area contributed by atoms with E-state index in [1.807, 2.05) is 39.0 Å². The van der Waals surface area contributed by atoms with Crippen molar-refractivity contribution in [2.24, 2.45) is 0 Å². The van der Waals surface area contributed by atoms with E-state index in [-0.39, 0.29) is 18.2 Å². The van der Waals surface area contributed by atoms with Gasteiger partial charge in [0.15, 0.2) is 0 Å². The number of rotatable bonds is 2. The molecule has 19 heavy (non-hydrogen) atoms. The smallest absolute Gasteiger partial charge is 0.407 e. The molecule has 0 spiro atoms. The molecule has 0 unspecified atom stereocenters. The normalized spacial score (nSPS) is 23.1. The van der Waals surface area contributed by atoms with E-state index in [2.05, 4.69) is 22.8 Å². The lowest BCUT2D eigenvalue weighted by atomic mass is 10.0. The largest absolute Gasteiger partial charge is 0.444 e. The Morgan fingerprint density at radius 3 is 2.63 bits per heavy atom. The molecule has 1 aromatic rings. The zero-order valence-electron chi connectivity index (χ0n) is 11.8. The first-order chi connectivity index (χ1) is 8.96. The number of hydrogen-bond donors (Lipinski definition) is 2. The van der Waals surface area contributed by atoms with Crippen LogP contribution in [0.4, 0.5) is 4.79 Å². The topological polar surface area (TPSA) is 50.4 Å². The van der Waals surface area contributed by atoms with Crippen LogP contribution in [0, 0.1) is 0 Å². The third-order valence-electron chi connectivity index (χ3n) is 3.08. The molecule has 1 heterocycles. The highest BCUT2D eigenvalue weighted by atomic mass is 16.6. The third-order valence-corrected chi connectivity index (χ3v) is 3.08. The van der Waals surface area contributed by atoms with Crippen molar-refractivity contribution >= 4 is 6.09 Å². The van der Waals surface area contributed by atoms with Gasteiger partial charge in [-0.2, -0.15) is 0 Å². The van der Waals surface area contributed by atoms with E-state index in [9.17, 15) is 4.79 Å². The van der Waals surface area contributed by atoms with E-state index in [0.717, 1.165) is 13.0 Å². The van der Waals surface area contributed by atoms with E-state index in [0.29, 0.717) is 0 Å². The fourth-order valence-electron chi connectivity index (χ4n) is 2.33. The fraction of sp³-hybridized carbons (Fsp3) is 0.533. The van der Waals surface area contributed by atoms with Crippen molar-refractivity contribution in [2.45, 2.75) is 44.9 Å². The molecule has 2 N–H and O–H groups in total. The van der Waals surface area contributed by atoms with Gasteiger partial charge in [-0.3, -0.25) is 0 Å². The Balaban J connectivity index is 1.98. The number of amides is 1. The van der Waals surface area contributed by atoms with Gasteiger partial charge in [-0.05, 0) is 39.3 Å². The molecule has 1 aromatic carbocycles. The zero-order valence-corrected chi connectivity index (χ0v) is 11.8. The van der Waals surface area contributed by atoms with Crippen LogP contribution in [0.15, 0.2) is 30.3 Å². The molecule has 0 bridgehead atoms. The van der Waals surface area contributed by atoms with Crippen LogP contribution in [-0.4, -0.2) is 24.3 Å². The summed E-state index contributed by atoms with van der Waals surface area (Å²) < 4.78 is 5.31. The Morgan fingerprint density at radius 1 is 1.32 bits per heavy atom. The van der Waals surface area contributed by atoms with E-state index in [4.69, 9.17) is 4.74 Å². The summed E-state index contributed by atoms with van der Waals surface area (Å²) in [5, 5.41) is 6.38. The molecular formula is C15H22N2O2. The predicted octanol–water partition coefficient (Wildman–Crippen LogP) is 2.61. The lowest BCUT2D eigenvalue weighted by Gasteiger charge is -2.24. The van der Waals surface area contributed by atoms with Crippen LogP contribution >= 0.6 is 0 Å². The standard InChI is InChI=1S/C15H22N2O2/c1-15(2,3)19-14(18)17-12-9-10-16-13(12)11-7-5-4-6-8-11/h4-8,12-13,16H,9-10H2,1-3H3,(H,17,18)/t12-,13+/m1/s1. The summed E-state index contributed by atoms with van der Waals surface area (Å²) in [5.41, 5.74) is 0.735. The minimum atomic E-state index is -0.460. The maximum absolute atomic E-state index is 11.8. The molecule has 1 aliphatic rings. The quantitative estimate of drug-likeness (QED) is 0.861. The Morgan fingerprint density at radius 2 is 2.00 bits per heavy atom. The molecule has 4 heteroatoms. The van der Waals surface area contributed by atoms with Crippen molar-refractivity contribution in [2.75, 3.05) is 6.54 Å². The van der Waals surface area contributed by atoms with Crippen LogP contribution < -0.4 is 10.6 Å². The summed E-state index contributed by atoms with van der Waals surface area (Å²) in [7, 11) is 0. The summed E-state index contributed by atoms with van der Waals surface area (Å²) in [4.78, 5) is 11.8. The summed E-state index contributed by atoms with van der Waals surface area (Å²) in [5.74, 6) is 0. The summed E-state index contributed by atoms with van der Waals surface area (Å²) in [6.07, 6.45) is 0.570. The second-order valence-corrected chi connectivity index (χ2v) is 5.88. The molecule has 1 fully saturated rings. The maximum atomic E-state index is 11.8. The van der Waals surface area contributed by atoms with E-state index in [1.165, 1.54) is 5.56 Å².